The standard InChI is InChI=1S/C11H21N3O2/c1-8(2)14(3)11(16)7-12-6-9-4-5-10(15)13-9/h8-9,12H,4-7H2,1-3H3,(H,13,15). The first-order valence-corrected chi connectivity index (χ1v) is 5.76. The zero-order valence-corrected chi connectivity index (χ0v) is 10.2. The molecule has 1 rings (SSSR count). The maximum absolute atomic E-state index is 11.6. The molecule has 5 heteroatoms. The number of nitrogens with zero attached hydrogens (tertiary/aromatic N) is 1. The molecule has 0 aromatic carbocycles. The molecule has 5 nitrogen and oxygen atoms in total. The van der Waals surface area contributed by atoms with Crippen LogP contribution in [0.1, 0.15) is 26.7 Å². The molecule has 0 aromatic rings. The fourth-order valence-corrected chi connectivity index (χ4v) is 1.60. The van der Waals surface area contributed by atoms with E-state index in [0.29, 0.717) is 19.5 Å². The second-order valence-electron chi connectivity index (χ2n) is 4.53. The zero-order chi connectivity index (χ0) is 12.1. The molecule has 1 heterocycles. The second kappa shape index (κ2) is 5.84. The van der Waals surface area contributed by atoms with Crippen LogP contribution in [0.4, 0.5) is 0 Å². The van der Waals surface area contributed by atoms with Gasteiger partial charge in [-0.25, -0.2) is 0 Å². The highest BCUT2D eigenvalue weighted by Crippen LogP contribution is 2.04. The Labute approximate surface area is 96.6 Å². The van der Waals surface area contributed by atoms with Crippen molar-refractivity contribution in [2.45, 2.75) is 38.8 Å². The molecule has 2 amide bonds. The fourth-order valence-electron chi connectivity index (χ4n) is 1.60. The molecule has 0 aromatic heterocycles. The van der Waals surface area contributed by atoms with Crippen molar-refractivity contribution in [2.24, 2.45) is 0 Å². The largest absolute Gasteiger partial charge is 0.352 e. The van der Waals surface area contributed by atoms with Crippen LogP contribution in [0.5, 0.6) is 0 Å². The Morgan fingerprint density at radius 3 is 2.81 bits per heavy atom. The number of hydrogen-bond donors (Lipinski definition) is 2. The average Bonchev–Trinajstić information content (AvgIpc) is 2.62. The van der Waals surface area contributed by atoms with E-state index in [1.165, 1.54) is 0 Å². The van der Waals surface area contributed by atoms with Crippen molar-refractivity contribution < 1.29 is 9.59 Å². The highest BCUT2D eigenvalue weighted by Gasteiger charge is 2.20. The Bertz CT molecular complexity index is 266. The van der Waals surface area contributed by atoms with E-state index < -0.39 is 0 Å². The normalized spacial score (nSPS) is 20.0. The molecular weight excluding hydrogens is 206 g/mol. The number of carbonyl (C=O) groups is 2. The van der Waals surface area contributed by atoms with E-state index in [9.17, 15) is 9.59 Å². The van der Waals surface area contributed by atoms with Gasteiger partial charge in [0.2, 0.25) is 11.8 Å². The molecule has 0 spiro atoms. The summed E-state index contributed by atoms with van der Waals surface area (Å²) in [4.78, 5) is 24.2. The first-order valence-electron chi connectivity index (χ1n) is 5.76. The summed E-state index contributed by atoms with van der Waals surface area (Å²) in [5.41, 5.74) is 0. The van der Waals surface area contributed by atoms with Gasteiger partial charge in [0, 0.05) is 32.1 Å². The summed E-state index contributed by atoms with van der Waals surface area (Å²) in [6, 6.07) is 0.408. The lowest BCUT2D eigenvalue weighted by Gasteiger charge is -2.22. The van der Waals surface area contributed by atoms with Gasteiger partial charge < -0.3 is 15.5 Å². The maximum Gasteiger partial charge on any atom is 0.236 e. The van der Waals surface area contributed by atoms with E-state index in [4.69, 9.17) is 0 Å². The summed E-state index contributed by atoms with van der Waals surface area (Å²) in [5, 5.41) is 5.93. The lowest BCUT2D eigenvalue weighted by Crippen LogP contribution is -2.43. The first kappa shape index (κ1) is 13.0. The third kappa shape index (κ3) is 3.81. The van der Waals surface area contributed by atoms with Crippen molar-refractivity contribution in [3.8, 4) is 0 Å². The van der Waals surface area contributed by atoms with E-state index in [0.717, 1.165) is 6.42 Å². The van der Waals surface area contributed by atoms with E-state index in [2.05, 4.69) is 10.6 Å². The second-order valence-corrected chi connectivity index (χ2v) is 4.53. The summed E-state index contributed by atoms with van der Waals surface area (Å²) in [6.45, 7) is 4.97. The van der Waals surface area contributed by atoms with Gasteiger partial charge in [-0.2, -0.15) is 0 Å². The lowest BCUT2D eigenvalue weighted by molar-refractivity contribution is -0.130. The molecule has 92 valence electrons. The van der Waals surface area contributed by atoms with Crippen molar-refractivity contribution in [2.75, 3.05) is 20.1 Å². The summed E-state index contributed by atoms with van der Waals surface area (Å²) in [6.07, 6.45) is 1.46. The summed E-state index contributed by atoms with van der Waals surface area (Å²) in [7, 11) is 1.80. The Hall–Kier alpha value is -1.10. The predicted octanol–water partition coefficient (Wildman–Crippen LogP) is -0.279. The molecule has 2 N–H and O–H groups in total. The van der Waals surface area contributed by atoms with Crippen LogP contribution >= 0.6 is 0 Å². The molecule has 1 unspecified atom stereocenters. The third-order valence-corrected chi connectivity index (χ3v) is 2.92. The Balaban J connectivity index is 2.15. The Morgan fingerprint density at radius 1 is 1.62 bits per heavy atom. The summed E-state index contributed by atoms with van der Waals surface area (Å²) < 4.78 is 0. The van der Waals surface area contributed by atoms with Gasteiger partial charge in [-0.05, 0) is 20.3 Å². The van der Waals surface area contributed by atoms with Gasteiger partial charge in [-0.15, -0.1) is 0 Å². The molecule has 1 fully saturated rings. The highest BCUT2D eigenvalue weighted by atomic mass is 16.2. The molecule has 0 radical (unpaired) electrons. The molecule has 1 saturated heterocycles. The quantitative estimate of drug-likeness (QED) is 0.679. The van der Waals surface area contributed by atoms with Gasteiger partial charge in [-0.1, -0.05) is 0 Å². The molecule has 0 bridgehead atoms. The number of likely N-dealkylation sites (N-methyl/N-ethyl adjacent to an activating group) is 1. The van der Waals surface area contributed by atoms with Gasteiger partial charge in [0.15, 0.2) is 0 Å². The van der Waals surface area contributed by atoms with E-state index >= 15 is 0 Å². The van der Waals surface area contributed by atoms with E-state index in [1.54, 1.807) is 11.9 Å². The van der Waals surface area contributed by atoms with Crippen LogP contribution in [0.15, 0.2) is 0 Å². The molecule has 0 saturated carbocycles. The Kier molecular flexibility index (Phi) is 4.73. The van der Waals surface area contributed by atoms with Gasteiger partial charge >= 0.3 is 0 Å². The minimum absolute atomic E-state index is 0.0827. The van der Waals surface area contributed by atoms with Crippen LogP contribution in [0.3, 0.4) is 0 Å². The molecule has 0 aliphatic carbocycles. The van der Waals surface area contributed by atoms with Gasteiger partial charge in [0.25, 0.3) is 0 Å². The molecule has 1 atom stereocenters. The maximum atomic E-state index is 11.6. The van der Waals surface area contributed by atoms with Crippen LogP contribution in [0.2, 0.25) is 0 Å². The van der Waals surface area contributed by atoms with Gasteiger partial charge in [0.1, 0.15) is 0 Å². The van der Waals surface area contributed by atoms with Crippen LogP contribution in [0, 0.1) is 0 Å². The monoisotopic (exact) mass is 227 g/mol. The minimum atomic E-state index is 0.0827. The van der Waals surface area contributed by atoms with Crippen molar-refractivity contribution in [3.63, 3.8) is 0 Å². The smallest absolute Gasteiger partial charge is 0.236 e. The van der Waals surface area contributed by atoms with Gasteiger partial charge in [-0.3, -0.25) is 9.59 Å². The van der Waals surface area contributed by atoms with Crippen molar-refractivity contribution in [3.05, 3.63) is 0 Å². The molecule has 16 heavy (non-hydrogen) atoms. The molecule has 1 aliphatic heterocycles. The van der Waals surface area contributed by atoms with Crippen LogP contribution in [-0.4, -0.2) is 48.9 Å². The Morgan fingerprint density at radius 2 is 2.31 bits per heavy atom. The van der Waals surface area contributed by atoms with Crippen LogP contribution in [0.25, 0.3) is 0 Å². The van der Waals surface area contributed by atoms with Crippen molar-refractivity contribution in [1.82, 2.24) is 15.5 Å². The number of rotatable bonds is 5. The SMILES string of the molecule is CC(C)N(C)C(=O)CNCC1CCC(=O)N1. The summed E-state index contributed by atoms with van der Waals surface area (Å²) >= 11 is 0. The number of hydrogen-bond acceptors (Lipinski definition) is 3. The van der Waals surface area contributed by atoms with Gasteiger partial charge in [0.05, 0.1) is 6.54 Å². The molecule has 1 aliphatic rings. The van der Waals surface area contributed by atoms with Crippen LogP contribution < -0.4 is 10.6 Å². The van der Waals surface area contributed by atoms with Crippen molar-refractivity contribution in [1.29, 1.82) is 0 Å². The fraction of sp³-hybridized carbons (Fsp3) is 0.818. The predicted molar refractivity (Wildman–Crippen MR) is 61.9 cm³/mol. The minimum Gasteiger partial charge on any atom is -0.352 e. The van der Waals surface area contributed by atoms with E-state index in [-0.39, 0.29) is 23.9 Å². The number of amides is 2. The number of carbonyl (C=O) groups excluding carboxylic acids is 2. The van der Waals surface area contributed by atoms with Crippen LogP contribution in [-0.2, 0) is 9.59 Å². The summed E-state index contributed by atoms with van der Waals surface area (Å²) in [5.74, 6) is 0.191. The third-order valence-electron chi connectivity index (χ3n) is 2.92. The topological polar surface area (TPSA) is 61.4 Å². The zero-order valence-electron chi connectivity index (χ0n) is 10.2. The average molecular weight is 227 g/mol. The van der Waals surface area contributed by atoms with E-state index in [1.807, 2.05) is 13.8 Å². The number of nitrogens with one attached hydrogen (secondary N) is 2. The molecular formula is C11H21N3O2. The van der Waals surface area contributed by atoms with Crippen molar-refractivity contribution >= 4 is 11.8 Å². The first-order chi connectivity index (χ1) is 7.50. The highest BCUT2D eigenvalue weighted by molar-refractivity contribution is 5.79. The lowest BCUT2D eigenvalue weighted by atomic mass is 10.2.